The zero-order valence-corrected chi connectivity index (χ0v) is 23.9. The van der Waals surface area contributed by atoms with Crippen molar-refractivity contribution in [2.75, 3.05) is 13.7 Å². The zero-order chi connectivity index (χ0) is 29.8. The van der Waals surface area contributed by atoms with Crippen LogP contribution in [-0.2, 0) is 25.6 Å². The number of amides is 3. The number of carbonyl (C=O) groups excluding carboxylic acids is 3. The number of nitrogens with zero attached hydrogens (tertiary/aromatic N) is 1. The molecule has 2 N–H and O–H groups in total. The SMILES string of the molecule is CCC/C(=C\c1ccc(CO)o1)CC[C@H]1OB(O)C[C@H]2C1=C(COc1ccccc1)C[C@H]1C(=O)N(C(=O)OC)C(=O)[C@H]12. The fourth-order valence-electron chi connectivity index (χ4n) is 6.52. The molecule has 4 atom stereocenters. The quantitative estimate of drug-likeness (QED) is 0.240. The van der Waals surface area contributed by atoms with Gasteiger partial charge in [0.1, 0.15) is 30.5 Å². The minimum Gasteiger partial charge on any atom is -0.489 e. The van der Waals surface area contributed by atoms with Gasteiger partial charge in [0.25, 0.3) is 0 Å². The summed E-state index contributed by atoms with van der Waals surface area (Å²) in [5, 5.41) is 20.2. The van der Waals surface area contributed by atoms with Crippen molar-refractivity contribution in [3.8, 4) is 5.75 Å². The Kier molecular flexibility index (Phi) is 9.30. The number of hydrogen-bond donors (Lipinski definition) is 2. The van der Waals surface area contributed by atoms with Crippen molar-refractivity contribution in [2.24, 2.45) is 17.8 Å². The van der Waals surface area contributed by atoms with E-state index in [4.69, 9.17) is 18.5 Å². The van der Waals surface area contributed by atoms with Gasteiger partial charge in [-0.15, -0.1) is 0 Å². The van der Waals surface area contributed by atoms with Gasteiger partial charge in [-0.25, -0.2) is 4.79 Å². The Balaban J connectivity index is 1.46. The Morgan fingerprint density at radius 3 is 2.60 bits per heavy atom. The number of hydrogen-bond acceptors (Lipinski definition) is 9. The average Bonchev–Trinajstić information content (AvgIpc) is 3.55. The number of benzene rings is 1. The van der Waals surface area contributed by atoms with Crippen molar-refractivity contribution in [2.45, 2.75) is 58.1 Å². The summed E-state index contributed by atoms with van der Waals surface area (Å²) in [6, 6.07) is 12.9. The third-order valence-electron chi connectivity index (χ3n) is 8.30. The largest absolute Gasteiger partial charge is 0.489 e. The van der Waals surface area contributed by atoms with Crippen LogP contribution in [0.3, 0.4) is 0 Å². The maximum Gasteiger partial charge on any atom is 0.455 e. The number of rotatable bonds is 10. The van der Waals surface area contributed by atoms with Crippen LogP contribution in [0.5, 0.6) is 5.75 Å². The van der Waals surface area contributed by atoms with Crippen LogP contribution in [0, 0.1) is 17.8 Å². The second-order valence-electron chi connectivity index (χ2n) is 11.0. The van der Waals surface area contributed by atoms with Crippen molar-refractivity contribution < 1.29 is 43.1 Å². The Hall–Kier alpha value is -3.67. The molecule has 2 fully saturated rings. The van der Waals surface area contributed by atoms with Crippen LogP contribution in [0.1, 0.15) is 50.5 Å². The number of carbonyl (C=O) groups is 3. The molecule has 0 bridgehead atoms. The van der Waals surface area contributed by atoms with Gasteiger partial charge in [-0.05, 0) is 79.4 Å². The highest BCUT2D eigenvalue weighted by Gasteiger charge is 2.59. The highest BCUT2D eigenvalue weighted by Crippen LogP contribution is 2.50. The number of imide groups is 3. The summed E-state index contributed by atoms with van der Waals surface area (Å²) in [4.78, 5) is 39.8. The summed E-state index contributed by atoms with van der Waals surface area (Å²) < 4.78 is 22.6. The first kappa shape index (κ1) is 29.8. The smallest absolute Gasteiger partial charge is 0.455 e. The van der Waals surface area contributed by atoms with E-state index in [1.807, 2.05) is 42.5 Å². The lowest BCUT2D eigenvalue weighted by molar-refractivity contribution is -0.137. The standard InChI is InChI=1S/C31H36BNO9/c1-3-7-19(14-22-11-12-23(17-34)41-22)10-13-26-27-20(18-40-21-8-5-4-6-9-21)15-24-28(25(27)16-32(38)42-26)30(36)33(29(24)35)31(37)39-2/h4-6,8-9,11-12,14,24-26,28,34,38H,3,7,10,13,15-18H2,1-2H3/b19-14+/t24-,25+,26-,28-/m1/s1. The van der Waals surface area contributed by atoms with E-state index in [0.717, 1.165) is 36.7 Å². The van der Waals surface area contributed by atoms with E-state index < -0.39 is 48.9 Å². The number of allylic oxidation sites excluding steroid dienone is 1. The lowest BCUT2D eigenvalue weighted by atomic mass is 9.58. The van der Waals surface area contributed by atoms with Crippen LogP contribution in [0.4, 0.5) is 4.79 Å². The van der Waals surface area contributed by atoms with Gasteiger partial charge in [0, 0.05) is 0 Å². The fourth-order valence-corrected chi connectivity index (χ4v) is 6.52. The van der Waals surface area contributed by atoms with E-state index in [-0.39, 0.29) is 26.0 Å². The van der Waals surface area contributed by atoms with E-state index in [1.54, 1.807) is 6.07 Å². The zero-order valence-electron chi connectivity index (χ0n) is 23.9. The van der Waals surface area contributed by atoms with Crippen LogP contribution in [0.25, 0.3) is 6.08 Å². The van der Waals surface area contributed by atoms with Crippen molar-refractivity contribution in [3.63, 3.8) is 0 Å². The summed E-state index contributed by atoms with van der Waals surface area (Å²) in [6.07, 6.45) is 3.72. The molecular formula is C31H36BNO9. The molecule has 11 heteroatoms. The van der Waals surface area contributed by atoms with E-state index in [0.29, 0.717) is 35.0 Å². The molecule has 1 aliphatic carbocycles. The van der Waals surface area contributed by atoms with Gasteiger partial charge in [0.2, 0.25) is 11.8 Å². The summed E-state index contributed by atoms with van der Waals surface area (Å²) in [6.45, 7) is 2.10. The van der Waals surface area contributed by atoms with Crippen molar-refractivity contribution in [3.05, 3.63) is 70.7 Å². The van der Waals surface area contributed by atoms with Crippen LogP contribution >= 0.6 is 0 Å². The Labute approximate surface area is 245 Å². The predicted octanol–water partition coefficient (Wildman–Crippen LogP) is 4.38. The molecular weight excluding hydrogens is 541 g/mol. The van der Waals surface area contributed by atoms with Crippen molar-refractivity contribution >= 4 is 31.1 Å². The minimum atomic E-state index is -1.13. The Bertz CT molecular complexity index is 1370. The lowest BCUT2D eigenvalue weighted by Gasteiger charge is -2.43. The van der Waals surface area contributed by atoms with Crippen LogP contribution in [0.2, 0.25) is 6.32 Å². The fraction of sp³-hybridized carbons (Fsp3) is 0.452. The molecule has 42 heavy (non-hydrogen) atoms. The summed E-state index contributed by atoms with van der Waals surface area (Å²) in [5.41, 5.74) is 2.83. The number of para-hydroxylation sites is 1. The molecule has 1 aromatic heterocycles. The first-order chi connectivity index (χ1) is 20.3. The van der Waals surface area contributed by atoms with Gasteiger partial charge in [-0.3, -0.25) is 9.59 Å². The van der Waals surface area contributed by atoms with E-state index >= 15 is 0 Å². The van der Waals surface area contributed by atoms with Gasteiger partial charge in [0.05, 0.1) is 25.0 Å². The maximum absolute atomic E-state index is 13.5. The number of likely N-dealkylation sites (tertiary alicyclic amines) is 1. The topological polar surface area (TPSA) is 136 Å². The monoisotopic (exact) mass is 577 g/mol. The highest BCUT2D eigenvalue weighted by molar-refractivity contribution is 6.43. The Morgan fingerprint density at radius 2 is 1.90 bits per heavy atom. The molecule has 0 unspecified atom stereocenters. The number of aliphatic hydroxyl groups is 1. The van der Waals surface area contributed by atoms with Crippen LogP contribution in [-0.4, -0.2) is 59.9 Å². The summed E-state index contributed by atoms with van der Waals surface area (Å²) in [5.74, 6) is -1.41. The molecule has 10 nitrogen and oxygen atoms in total. The van der Waals surface area contributed by atoms with E-state index in [1.165, 1.54) is 0 Å². The molecule has 0 spiro atoms. The molecule has 2 saturated heterocycles. The number of aliphatic hydroxyl groups excluding tert-OH is 1. The molecule has 0 saturated carbocycles. The number of furan rings is 1. The molecule has 0 radical (unpaired) electrons. The van der Waals surface area contributed by atoms with E-state index in [2.05, 4.69) is 6.92 Å². The van der Waals surface area contributed by atoms with E-state index in [9.17, 15) is 24.5 Å². The molecule has 222 valence electrons. The molecule has 3 aliphatic rings. The third-order valence-corrected chi connectivity index (χ3v) is 8.30. The average molecular weight is 577 g/mol. The van der Waals surface area contributed by atoms with Crippen molar-refractivity contribution in [1.29, 1.82) is 0 Å². The second-order valence-corrected chi connectivity index (χ2v) is 11.0. The number of ether oxygens (including phenoxy) is 2. The second kappa shape index (κ2) is 13.1. The molecule has 3 amide bonds. The van der Waals surface area contributed by atoms with Gasteiger partial charge >= 0.3 is 13.2 Å². The maximum atomic E-state index is 13.5. The van der Waals surface area contributed by atoms with Gasteiger partial charge in [0.15, 0.2) is 0 Å². The molecule has 2 aromatic rings. The first-order valence-corrected chi connectivity index (χ1v) is 14.4. The van der Waals surface area contributed by atoms with Crippen LogP contribution in [0.15, 0.2) is 63.6 Å². The predicted molar refractivity (Wildman–Crippen MR) is 153 cm³/mol. The molecule has 3 heterocycles. The first-order valence-electron chi connectivity index (χ1n) is 14.4. The normalized spacial score (nSPS) is 24.1. The van der Waals surface area contributed by atoms with Crippen LogP contribution < -0.4 is 4.74 Å². The summed E-state index contributed by atoms with van der Waals surface area (Å²) in [7, 11) is 0.000995. The summed E-state index contributed by atoms with van der Waals surface area (Å²) >= 11 is 0. The molecule has 1 aromatic carbocycles. The minimum absolute atomic E-state index is 0.129. The van der Waals surface area contributed by atoms with Gasteiger partial charge in [-0.1, -0.05) is 37.1 Å². The Morgan fingerprint density at radius 1 is 1.12 bits per heavy atom. The highest BCUT2D eigenvalue weighted by atomic mass is 16.5. The molecule has 2 aliphatic heterocycles. The van der Waals surface area contributed by atoms with Crippen molar-refractivity contribution in [1.82, 2.24) is 4.90 Å². The number of fused-ring (bicyclic) bond motifs is 3. The van der Waals surface area contributed by atoms with Gasteiger partial charge in [-0.2, -0.15) is 4.90 Å². The van der Waals surface area contributed by atoms with Gasteiger partial charge < -0.3 is 28.7 Å². The molecule has 5 rings (SSSR count). The lowest BCUT2D eigenvalue weighted by Crippen LogP contribution is -2.46. The third kappa shape index (κ3) is 6.09. The number of methoxy groups -OCH3 is 1.